The van der Waals surface area contributed by atoms with Gasteiger partial charge < -0.3 is 5.32 Å². The molecular formula is C7H17N3O2S. The zero-order valence-corrected chi connectivity index (χ0v) is 9.13. The molecule has 1 aliphatic rings. The van der Waals surface area contributed by atoms with Gasteiger partial charge in [-0.2, -0.15) is 17.0 Å². The van der Waals surface area contributed by atoms with Gasteiger partial charge in [0.05, 0.1) is 6.04 Å². The maximum Gasteiger partial charge on any atom is 0.281 e. The smallest absolute Gasteiger partial charge is 0.281 e. The SMILES string of the molecule is CCN(C)S(=O)(=O)N(C)C1CNC1. The standard InChI is InChI=1S/C7H17N3O2S/c1-4-9(2)13(11,12)10(3)7-5-8-6-7/h7-8H,4-6H2,1-3H3. The third-order valence-electron chi connectivity index (χ3n) is 2.48. The van der Waals surface area contributed by atoms with Gasteiger partial charge in [-0.15, -0.1) is 0 Å². The van der Waals surface area contributed by atoms with Crippen LogP contribution in [0.5, 0.6) is 0 Å². The van der Waals surface area contributed by atoms with Gasteiger partial charge in [0.15, 0.2) is 0 Å². The van der Waals surface area contributed by atoms with Crippen LogP contribution in [0.1, 0.15) is 6.92 Å². The van der Waals surface area contributed by atoms with E-state index in [9.17, 15) is 8.42 Å². The van der Waals surface area contributed by atoms with Crippen molar-refractivity contribution in [2.75, 3.05) is 33.7 Å². The molecule has 0 spiro atoms. The normalized spacial score (nSPS) is 19.5. The third kappa shape index (κ3) is 2.01. The molecule has 0 aromatic heterocycles. The van der Waals surface area contributed by atoms with E-state index in [1.165, 1.54) is 8.61 Å². The fourth-order valence-electron chi connectivity index (χ4n) is 1.10. The van der Waals surface area contributed by atoms with Crippen molar-refractivity contribution in [1.82, 2.24) is 13.9 Å². The van der Waals surface area contributed by atoms with Gasteiger partial charge in [-0.3, -0.25) is 0 Å². The number of rotatable bonds is 4. The zero-order valence-electron chi connectivity index (χ0n) is 8.32. The van der Waals surface area contributed by atoms with Crippen LogP contribution in [0.3, 0.4) is 0 Å². The summed E-state index contributed by atoms with van der Waals surface area (Å²) in [6, 6.07) is 0.124. The average Bonchev–Trinajstić information content (AvgIpc) is 1.99. The minimum absolute atomic E-state index is 0.124. The topological polar surface area (TPSA) is 52.7 Å². The molecule has 0 saturated carbocycles. The summed E-state index contributed by atoms with van der Waals surface area (Å²) >= 11 is 0. The summed E-state index contributed by atoms with van der Waals surface area (Å²) in [4.78, 5) is 0. The molecule has 0 aromatic rings. The summed E-state index contributed by atoms with van der Waals surface area (Å²) in [5.74, 6) is 0. The van der Waals surface area contributed by atoms with Gasteiger partial charge in [0.25, 0.3) is 10.2 Å². The van der Waals surface area contributed by atoms with Crippen LogP contribution in [0, 0.1) is 0 Å². The van der Waals surface area contributed by atoms with Gasteiger partial charge >= 0.3 is 0 Å². The minimum Gasteiger partial charge on any atom is -0.313 e. The lowest BCUT2D eigenvalue weighted by atomic mass is 10.2. The lowest BCUT2D eigenvalue weighted by molar-refractivity contribution is 0.259. The molecule has 0 atom stereocenters. The first kappa shape index (κ1) is 10.9. The van der Waals surface area contributed by atoms with E-state index >= 15 is 0 Å². The summed E-state index contributed by atoms with van der Waals surface area (Å²) in [7, 11) is 0.00463. The van der Waals surface area contributed by atoms with Crippen LogP contribution in [0.4, 0.5) is 0 Å². The molecule has 13 heavy (non-hydrogen) atoms. The first-order chi connectivity index (χ1) is 6.00. The third-order valence-corrected chi connectivity index (χ3v) is 4.55. The van der Waals surface area contributed by atoms with E-state index in [4.69, 9.17) is 0 Å². The van der Waals surface area contributed by atoms with E-state index in [0.717, 1.165) is 13.1 Å². The molecule has 78 valence electrons. The van der Waals surface area contributed by atoms with Gasteiger partial charge in [0.1, 0.15) is 0 Å². The van der Waals surface area contributed by atoms with Crippen LogP contribution >= 0.6 is 0 Å². The highest BCUT2D eigenvalue weighted by Gasteiger charge is 2.32. The summed E-state index contributed by atoms with van der Waals surface area (Å²) in [6.45, 7) is 3.85. The summed E-state index contributed by atoms with van der Waals surface area (Å²) in [6.07, 6.45) is 0. The van der Waals surface area contributed by atoms with E-state index in [2.05, 4.69) is 5.32 Å². The van der Waals surface area contributed by atoms with Crippen molar-refractivity contribution in [3.63, 3.8) is 0 Å². The Kier molecular flexibility index (Phi) is 3.28. The van der Waals surface area contributed by atoms with E-state index in [-0.39, 0.29) is 6.04 Å². The van der Waals surface area contributed by atoms with E-state index in [1.54, 1.807) is 14.1 Å². The van der Waals surface area contributed by atoms with Gasteiger partial charge in [0, 0.05) is 33.7 Å². The molecule has 0 aliphatic carbocycles. The molecule has 0 amide bonds. The summed E-state index contributed by atoms with van der Waals surface area (Å²) in [5, 5.41) is 3.05. The van der Waals surface area contributed by atoms with Gasteiger partial charge in [0.2, 0.25) is 0 Å². The maximum absolute atomic E-state index is 11.7. The van der Waals surface area contributed by atoms with Crippen molar-refractivity contribution in [1.29, 1.82) is 0 Å². The van der Waals surface area contributed by atoms with Gasteiger partial charge in [-0.05, 0) is 0 Å². The Balaban J connectivity index is 2.67. The quantitative estimate of drug-likeness (QED) is 0.649. The maximum atomic E-state index is 11.7. The van der Waals surface area contributed by atoms with E-state index in [1.807, 2.05) is 6.92 Å². The molecule has 6 heteroatoms. The Morgan fingerprint density at radius 3 is 2.23 bits per heavy atom. The molecule has 1 rings (SSSR count). The lowest BCUT2D eigenvalue weighted by Crippen LogP contribution is -2.59. The number of nitrogens with zero attached hydrogens (tertiary/aromatic N) is 2. The van der Waals surface area contributed by atoms with Crippen LogP contribution in [0.2, 0.25) is 0 Å². The number of nitrogens with one attached hydrogen (secondary N) is 1. The molecule has 1 heterocycles. The highest BCUT2D eigenvalue weighted by molar-refractivity contribution is 7.86. The molecule has 1 aliphatic heterocycles. The molecule has 1 N–H and O–H groups in total. The van der Waals surface area contributed by atoms with Crippen LogP contribution in [-0.4, -0.2) is 56.8 Å². The first-order valence-electron chi connectivity index (χ1n) is 4.40. The first-order valence-corrected chi connectivity index (χ1v) is 5.80. The van der Waals surface area contributed by atoms with Crippen molar-refractivity contribution in [3.05, 3.63) is 0 Å². The number of hydrogen-bond acceptors (Lipinski definition) is 3. The molecular weight excluding hydrogens is 190 g/mol. The molecule has 0 bridgehead atoms. The van der Waals surface area contributed by atoms with Crippen molar-refractivity contribution in [2.24, 2.45) is 0 Å². The molecule has 0 aromatic carbocycles. The molecule has 1 saturated heterocycles. The van der Waals surface area contributed by atoms with Crippen molar-refractivity contribution in [3.8, 4) is 0 Å². The predicted octanol–water partition coefficient (Wildman–Crippen LogP) is -0.913. The average molecular weight is 207 g/mol. The van der Waals surface area contributed by atoms with Crippen molar-refractivity contribution < 1.29 is 8.42 Å². The minimum atomic E-state index is -3.22. The monoisotopic (exact) mass is 207 g/mol. The van der Waals surface area contributed by atoms with Crippen LogP contribution < -0.4 is 5.32 Å². The van der Waals surface area contributed by atoms with Gasteiger partial charge in [-0.25, -0.2) is 0 Å². The number of hydrogen-bond donors (Lipinski definition) is 1. The highest BCUT2D eigenvalue weighted by atomic mass is 32.2. The Morgan fingerprint density at radius 2 is 1.92 bits per heavy atom. The molecule has 0 unspecified atom stereocenters. The van der Waals surface area contributed by atoms with Gasteiger partial charge in [-0.1, -0.05) is 6.92 Å². The Hall–Kier alpha value is -0.170. The Morgan fingerprint density at radius 1 is 1.38 bits per heavy atom. The lowest BCUT2D eigenvalue weighted by Gasteiger charge is -2.36. The van der Waals surface area contributed by atoms with E-state index in [0.29, 0.717) is 6.54 Å². The second-order valence-corrected chi connectivity index (χ2v) is 5.35. The number of likely N-dealkylation sites (N-methyl/N-ethyl adjacent to an activating group) is 1. The second-order valence-electron chi connectivity index (χ2n) is 3.25. The van der Waals surface area contributed by atoms with Crippen LogP contribution in [0.15, 0.2) is 0 Å². The van der Waals surface area contributed by atoms with Crippen molar-refractivity contribution >= 4 is 10.2 Å². The largest absolute Gasteiger partial charge is 0.313 e. The van der Waals surface area contributed by atoms with Crippen molar-refractivity contribution in [2.45, 2.75) is 13.0 Å². The zero-order chi connectivity index (χ0) is 10.1. The fourth-order valence-corrected chi connectivity index (χ4v) is 2.39. The fraction of sp³-hybridized carbons (Fsp3) is 1.00. The Labute approximate surface area is 79.9 Å². The predicted molar refractivity (Wildman–Crippen MR) is 51.6 cm³/mol. The van der Waals surface area contributed by atoms with E-state index < -0.39 is 10.2 Å². The highest BCUT2D eigenvalue weighted by Crippen LogP contribution is 2.10. The summed E-state index contributed by atoms with van der Waals surface area (Å²) < 4.78 is 26.2. The molecule has 5 nitrogen and oxygen atoms in total. The molecule has 1 fully saturated rings. The Bertz CT molecular complexity index is 261. The summed E-state index contributed by atoms with van der Waals surface area (Å²) in [5.41, 5.74) is 0. The van der Waals surface area contributed by atoms with Crippen LogP contribution in [0.25, 0.3) is 0 Å². The second kappa shape index (κ2) is 3.91. The van der Waals surface area contributed by atoms with Crippen LogP contribution in [-0.2, 0) is 10.2 Å². The molecule has 0 radical (unpaired) electrons.